The molecule has 0 amide bonds. The Hall–Kier alpha value is -1.61. The van der Waals surface area contributed by atoms with Crippen LogP contribution in [0.1, 0.15) is 30.7 Å². The fourth-order valence-electron chi connectivity index (χ4n) is 3.01. The Morgan fingerprint density at radius 1 is 1.10 bits per heavy atom. The Morgan fingerprint density at radius 3 is 2.55 bits per heavy atom. The number of rotatable bonds is 3. The standard InChI is InChI=1S/C17H23N3/c1-3-13-5-7-14(8-6-13)17-15-9-11-18-12-10-16(15)19-20(17)4-2/h5-8,18H,3-4,9-12H2,1-2H3. The molecule has 3 heteroatoms. The van der Waals surface area contributed by atoms with Gasteiger partial charge in [-0.15, -0.1) is 0 Å². The monoisotopic (exact) mass is 269 g/mol. The lowest BCUT2D eigenvalue weighted by Crippen LogP contribution is -2.17. The molecule has 0 fully saturated rings. The topological polar surface area (TPSA) is 29.9 Å². The highest BCUT2D eigenvalue weighted by Gasteiger charge is 2.19. The Balaban J connectivity index is 2.08. The first-order valence-corrected chi connectivity index (χ1v) is 7.72. The molecule has 1 aromatic carbocycles. The number of nitrogens with one attached hydrogen (secondary N) is 1. The van der Waals surface area contributed by atoms with Gasteiger partial charge in [-0.05, 0) is 31.9 Å². The van der Waals surface area contributed by atoms with Crippen molar-refractivity contribution in [2.45, 2.75) is 39.7 Å². The number of hydrogen-bond acceptors (Lipinski definition) is 2. The predicted molar refractivity (Wildman–Crippen MR) is 83.0 cm³/mol. The summed E-state index contributed by atoms with van der Waals surface area (Å²) >= 11 is 0. The fourth-order valence-corrected chi connectivity index (χ4v) is 3.01. The molecule has 3 rings (SSSR count). The van der Waals surface area contributed by atoms with E-state index in [1.54, 1.807) is 0 Å². The molecule has 1 aliphatic heterocycles. The van der Waals surface area contributed by atoms with E-state index in [1.807, 2.05) is 0 Å². The van der Waals surface area contributed by atoms with Crippen LogP contribution in [0.2, 0.25) is 0 Å². The number of aryl methyl sites for hydroxylation is 2. The molecule has 2 aromatic rings. The van der Waals surface area contributed by atoms with Crippen LogP contribution < -0.4 is 5.32 Å². The molecular formula is C17H23N3. The average molecular weight is 269 g/mol. The average Bonchev–Trinajstić information content (AvgIpc) is 2.69. The van der Waals surface area contributed by atoms with Gasteiger partial charge in [-0.3, -0.25) is 4.68 Å². The first kappa shape index (κ1) is 13.4. The summed E-state index contributed by atoms with van der Waals surface area (Å²) in [6.45, 7) is 7.41. The molecule has 1 N–H and O–H groups in total. The highest BCUT2D eigenvalue weighted by atomic mass is 15.3. The molecule has 0 unspecified atom stereocenters. The summed E-state index contributed by atoms with van der Waals surface area (Å²) in [5.41, 5.74) is 6.75. The van der Waals surface area contributed by atoms with Crippen molar-refractivity contribution in [1.82, 2.24) is 15.1 Å². The Morgan fingerprint density at radius 2 is 1.85 bits per heavy atom. The van der Waals surface area contributed by atoms with Gasteiger partial charge in [0.15, 0.2) is 0 Å². The van der Waals surface area contributed by atoms with Gasteiger partial charge in [0, 0.05) is 30.6 Å². The van der Waals surface area contributed by atoms with Gasteiger partial charge in [0.05, 0.1) is 11.4 Å². The summed E-state index contributed by atoms with van der Waals surface area (Å²) in [6.07, 6.45) is 3.22. The van der Waals surface area contributed by atoms with Crippen LogP contribution in [-0.2, 0) is 25.8 Å². The van der Waals surface area contributed by atoms with Crippen molar-refractivity contribution in [1.29, 1.82) is 0 Å². The minimum absolute atomic E-state index is 0.936. The third-order valence-electron chi connectivity index (χ3n) is 4.16. The normalized spacial score (nSPS) is 14.9. The Bertz CT molecular complexity index is 581. The van der Waals surface area contributed by atoms with Crippen molar-refractivity contribution >= 4 is 0 Å². The maximum Gasteiger partial charge on any atom is 0.0717 e. The highest BCUT2D eigenvalue weighted by molar-refractivity contribution is 5.65. The van der Waals surface area contributed by atoms with Crippen molar-refractivity contribution in [3.63, 3.8) is 0 Å². The minimum atomic E-state index is 0.936. The molecule has 3 nitrogen and oxygen atoms in total. The van der Waals surface area contributed by atoms with E-state index >= 15 is 0 Å². The number of nitrogens with zero attached hydrogens (tertiary/aromatic N) is 2. The zero-order chi connectivity index (χ0) is 13.9. The van der Waals surface area contributed by atoms with E-state index in [1.165, 1.54) is 28.1 Å². The molecule has 1 aliphatic rings. The van der Waals surface area contributed by atoms with Crippen molar-refractivity contribution in [3.8, 4) is 11.3 Å². The molecule has 0 radical (unpaired) electrons. The maximum absolute atomic E-state index is 4.82. The first-order chi connectivity index (χ1) is 9.83. The molecule has 0 saturated carbocycles. The van der Waals surface area contributed by atoms with Crippen LogP contribution in [0.3, 0.4) is 0 Å². The third-order valence-corrected chi connectivity index (χ3v) is 4.16. The van der Waals surface area contributed by atoms with E-state index in [-0.39, 0.29) is 0 Å². The van der Waals surface area contributed by atoms with Crippen molar-refractivity contribution in [2.75, 3.05) is 13.1 Å². The number of fused-ring (bicyclic) bond motifs is 1. The molecule has 0 bridgehead atoms. The zero-order valence-electron chi connectivity index (χ0n) is 12.4. The molecule has 0 saturated heterocycles. The maximum atomic E-state index is 4.82. The minimum Gasteiger partial charge on any atom is -0.316 e. The quantitative estimate of drug-likeness (QED) is 0.928. The first-order valence-electron chi connectivity index (χ1n) is 7.72. The SMILES string of the molecule is CCc1ccc(-c2c3c(nn2CC)CCNCC3)cc1. The lowest BCUT2D eigenvalue weighted by Gasteiger charge is -2.09. The Kier molecular flexibility index (Phi) is 3.88. The molecule has 0 aliphatic carbocycles. The van der Waals surface area contributed by atoms with Crippen LogP contribution in [-0.4, -0.2) is 22.9 Å². The van der Waals surface area contributed by atoms with Crippen LogP contribution >= 0.6 is 0 Å². The van der Waals surface area contributed by atoms with Crippen LogP contribution in [0, 0.1) is 0 Å². The van der Waals surface area contributed by atoms with Gasteiger partial charge in [-0.25, -0.2) is 0 Å². The van der Waals surface area contributed by atoms with E-state index in [9.17, 15) is 0 Å². The van der Waals surface area contributed by atoms with E-state index in [4.69, 9.17) is 5.10 Å². The highest BCUT2D eigenvalue weighted by Crippen LogP contribution is 2.28. The second kappa shape index (κ2) is 5.80. The molecule has 2 heterocycles. The van der Waals surface area contributed by atoms with Gasteiger partial charge in [0.2, 0.25) is 0 Å². The summed E-state index contributed by atoms with van der Waals surface area (Å²) in [4.78, 5) is 0. The largest absolute Gasteiger partial charge is 0.316 e. The van der Waals surface area contributed by atoms with Gasteiger partial charge in [-0.2, -0.15) is 5.10 Å². The zero-order valence-corrected chi connectivity index (χ0v) is 12.4. The summed E-state index contributed by atoms with van der Waals surface area (Å²) in [7, 11) is 0. The van der Waals surface area contributed by atoms with Crippen molar-refractivity contribution < 1.29 is 0 Å². The number of aromatic nitrogens is 2. The molecule has 0 spiro atoms. The summed E-state index contributed by atoms with van der Waals surface area (Å²) in [6, 6.07) is 8.98. The second-order valence-corrected chi connectivity index (χ2v) is 5.39. The second-order valence-electron chi connectivity index (χ2n) is 5.39. The van der Waals surface area contributed by atoms with E-state index in [0.717, 1.165) is 38.9 Å². The van der Waals surface area contributed by atoms with Crippen LogP contribution in [0.25, 0.3) is 11.3 Å². The number of hydrogen-bond donors (Lipinski definition) is 1. The summed E-state index contributed by atoms with van der Waals surface area (Å²) < 4.78 is 2.18. The fraction of sp³-hybridized carbons (Fsp3) is 0.471. The molecule has 1 aromatic heterocycles. The van der Waals surface area contributed by atoms with E-state index in [2.05, 4.69) is 48.1 Å². The summed E-state index contributed by atoms with van der Waals surface area (Å²) in [5, 5.41) is 8.29. The van der Waals surface area contributed by atoms with Crippen molar-refractivity contribution in [3.05, 3.63) is 41.1 Å². The molecule has 0 atom stereocenters. The summed E-state index contributed by atoms with van der Waals surface area (Å²) in [5.74, 6) is 0. The van der Waals surface area contributed by atoms with Gasteiger partial charge >= 0.3 is 0 Å². The van der Waals surface area contributed by atoms with E-state index < -0.39 is 0 Å². The van der Waals surface area contributed by atoms with E-state index in [0.29, 0.717) is 0 Å². The lowest BCUT2D eigenvalue weighted by atomic mass is 10.0. The van der Waals surface area contributed by atoms with Crippen LogP contribution in [0.5, 0.6) is 0 Å². The number of benzene rings is 1. The Labute approximate surface area is 121 Å². The van der Waals surface area contributed by atoms with Gasteiger partial charge in [0.25, 0.3) is 0 Å². The van der Waals surface area contributed by atoms with Gasteiger partial charge in [-0.1, -0.05) is 31.2 Å². The third kappa shape index (κ3) is 2.38. The van der Waals surface area contributed by atoms with Gasteiger partial charge in [0.1, 0.15) is 0 Å². The molecule has 20 heavy (non-hydrogen) atoms. The van der Waals surface area contributed by atoms with Crippen molar-refractivity contribution in [2.24, 2.45) is 0 Å². The van der Waals surface area contributed by atoms with Crippen LogP contribution in [0.15, 0.2) is 24.3 Å². The van der Waals surface area contributed by atoms with Gasteiger partial charge < -0.3 is 5.32 Å². The smallest absolute Gasteiger partial charge is 0.0717 e. The lowest BCUT2D eigenvalue weighted by molar-refractivity contribution is 0.638. The molecule has 106 valence electrons. The molecular weight excluding hydrogens is 246 g/mol. The van der Waals surface area contributed by atoms with Crippen LogP contribution in [0.4, 0.5) is 0 Å². The predicted octanol–water partition coefficient (Wildman–Crippen LogP) is 2.82.